The number of hydrogen-bond donors (Lipinski definition) is 2. The van der Waals surface area contributed by atoms with Gasteiger partial charge in [-0.15, -0.1) is 0 Å². The Kier molecular flexibility index (Phi) is 32.9. The molecule has 0 aromatic heterocycles. The normalized spacial score (nSPS) is 10.7. The number of ether oxygens (including phenoxy) is 4. The van der Waals surface area contributed by atoms with E-state index in [1.165, 1.54) is 66.3 Å². The Morgan fingerprint density at radius 3 is 0.712 bits per heavy atom. The first kappa shape index (κ1) is 82.2. The molecule has 0 aliphatic heterocycles. The molecule has 0 aliphatic rings. The highest BCUT2D eigenvalue weighted by Crippen LogP contribution is 2.23. The maximum Gasteiger partial charge on any atom is 0.337 e. The monoisotopic (exact) mass is 1490 g/mol. The predicted octanol–water partition coefficient (Wildman–Crippen LogP) is 18.0. The Bertz CT molecular complexity index is 4660. The molecule has 0 saturated heterocycles. The van der Waals surface area contributed by atoms with Gasteiger partial charge in [0.1, 0.15) is 24.0 Å². The summed E-state index contributed by atoms with van der Waals surface area (Å²) in [4.78, 5) is 75.3. The highest BCUT2D eigenvalue weighted by atomic mass is 19.1. The van der Waals surface area contributed by atoms with Crippen molar-refractivity contribution in [3.63, 3.8) is 0 Å². The molecule has 111 heavy (non-hydrogen) atoms. The van der Waals surface area contributed by atoms with Crippen LogP contribution in [0.3, 0.4) is 0 Å². The predicted molar refractivity (Wildman–Crippen MR) is 423 cm³/mol. The van der Waals surface area contributed by atoms with Crippen molar-refractivity contribution in [1.29, 1.82) is 0 Å². The highest BCUT2D eigenvalue weighted by Gasteiger charge is 2.16. The van der Waals surface area contributed by atoms with E-state index in [1.807, 2.05) is 182 Å². The molecular formula is C93H88F2N4O12. The molecule has 12 aromatic rings. The van der Waals surface area contributed by atoms with Crippen molar-refractivity contribution in [2.45, 2.75) is 85.1 Å². The molecular weight excluding hydrogens is 1400 g/mol. The van der Waals surface area contributed by atoms with E-state index in [0.29, 0.717) is 49.5 Å². The molecule has 0 aliphatic carbocycles. The first-order valence-electron chi connectivity index (χ1n) is 35.9. The van der Waals surface area contributed by atoms with E-state index in [0.717, 1.165) is 103 Å². The molecule has 0 unspecified atom stereocenters. The smallest absolute Gasteiger partial charge is 0.337 e. The second-order valence-corrected chi connectivity index (χ2v) is 26.2. The minimum Gasteiger partial charge on any atom is -0.478 e. The topological polar surface area (TPSA) is 193 Å². The number of aromatic carboxylic acids is 2. The largest absolute Gasteiger partial charge is 0.478 e. The van der Waals surface area contributed by atoms with Gasteiger partial charge in [-0.05, 0) is 157 Å². The lowest BCUT2D eigenvalue weighted by atomic mass is 10.1. The molecule has 12 aromatic carbocycles. The third kappa shape index (κ3) is 29.0. The third-order valence-corrected chi connectivity index (χ3v) is 17.7. The Labute approximate surface area is 646 Å². The molecule has 0 saturated carbocycles. The minimum absolute atomic E-state index is 0.221. The standard InChI is InChI=1S/C25H25NO4.C23H22FNO2.C23H21NO4.C22H20FNO2/c1-29-24(27)22-12-8-20(9-13-22)17-26(16-19-6-4-3-5-7-19)18-21-10-14-23(15-11-21)25(28)30-2;24-23-12-10-21(11-13-23)16-25(14-19-4-2-1-3-5-19)15-20-6-8-22(9-7-20)17-27-18-26;25-22(26)20-10-6-18(7-11-20)15-24(14-17-4-2-1-3-5-17)16-19-8-12-21(13-9-19)23(27)28;23-21-10-6-19(7-11-21)15-24(14-18-4-2-1-3-5-18)16-20-8-12-22(13-9-20)26-17-25/h3-15H,16-18H2,1-2H3;1-13,18H,14-17H2;1-13H,14-16H2,(H,25,26)(H,27,28);1-13,17H,14-16H2. The summed E-state index contributed by atoms with van der Waals surface area (Å²) in [5, 5.41) is 18.1. The number of hydrogen-bond acceptors (Lipinski definition) is 14. The fourth-order valence-corrected chi connectivity index (χ4v) is 12.1. The molecule has 0 bridgehead atoms. The second-order valence-electron chi connectivity index (χ2n) is 26.2. The van der Waals surface area contributed by atoms with E-state index in [2.05, 4.69) is 68.1 Å². The first-order chi connectivity index (χ1) is 54.0. The molecule has 566 valence electrons. The van der Waals surface area contributed by atoms with E-state index in [-0.39, 0.29) is 41.3 Å². The Hall–Kier alpha value is -12.8. The third-order valence-electron chi connectivity index (χ3n) is 17.7. The molecule has 0 fully saturated rings. The summed E-state index contributed by atoms with van der Waals surface area (Å²) < 4.78 is 45.5. The van der Waals surface area contributed by atoms with Gasteiger partial charge in [0.2, 0.25) is 0 Å². The zero-order valence-electron chi connectivity index (χ0n) is 61.9. The summed E-state index contributed by atoms with van der Waals surface area (Å²) in [6.45, 7) is 9.91. The number of carbonyl (C=O) groups excluding carboxylic acids is 4. The summed E-state index contributed by atoms with van der Waals surface area (Å²) in [5.74, 6) is -2.48. The van der Waals surface area contributed by atoms with E-state index in [1.54, 1.807) is 60.7 Å². The van der Waals surface area contributed by atoms with Crippen LogP contribution in [0.2, 0.25) is 0 Å². The van der Waals surface area contributed by atoms with Gasteiger partial charge in [-0.3, -0.25) is 29.2 Å². The molecule has 18 heteroatoms. The Balaban J connectivity index is 0.000000170. The number of halogens is 2. The van der Waals surface area contributed by atoms with Gasteiger partial charge in [0.05, 0.1) is 36.5 Å². The van der Waals surface area contributed by atoms with Crippen molar-refractivity contribution in [3.8, 4) is 5.75 Å². The average molecular weight is 1490 g/mol. The SMILES string of the molecule is COC(=O)c1ccc(CN(Cc2ccccc2)Cc2ccc(C(=O)OC)cc2)cc1.O=C(O)c1ccc(CN(Cc2ccccc2)Cc2ccc(C(=O)O)cc2)cc1.O=COCc1ccc(CN(Cc2ccccc2)Cc2ccc(F)cc2)cc1.O=COc1ccc(CN(Cc2ccccc2)Cc2ccc(F)cc2)cc1. The van der Waals surface area contributed by atoms with Crippen molar-refractivity contribution < 1.29 is 66.7 Å². The van der Waals surface area contributed by atoms with E-state index >= 15 is 0 Å². The van der Waals surface area contributed by atoms with Crippen LogP contribution in [0.5, 0.6) is 5.75 Å². The van der Waals surface area contributed by atoms with Crippen LogP contribution in [0.1, 0.15) is 114 Å². The van der Waals surface area contributed by atoms with Crippen molar-refractivity contribution in [2.75, 3.05) is 14.2 Å². The number of methoxy groups -OCH3 is 2. The van der Waals surface area contributed by atoms with Crippen LogP contribution in [0.4, 0.5) is 8.78 Å². The van der Waals surface area contributed by atoms with Gasteiger partial charge in [0, 0.05) is 78.5 Å². The number of esters is 2. The maximum atomic E-state index is 13.2. The lowest BCUT2D eigenvalue weighted by molar-refractivity contribution is -0.129. The number of carboxylic acids is 2. The van der Waals surface area contributed by atoms with Gasteiger partial charge in [0.25, 0.3) is 12.9 Å². The van der Waals surface area contributed by atoms with E-state index < -0.39 is 11.9 Å². The fraction of sp³-hybridized carbons (Fsp3) is 0.161. The lowest BCUT2D eigenvalue weighted by Crippen LogP contribution is -2.22. The van der Waals surface area contributed by atoms with Crippen LogP contribution in [-0.4, -0.2) is 80.9 Å². The summed E-state index contributed by atoms with van der Waals surface area (Å²) in [5.41, 5.74) is 16.1. The summed E-state index contributed by atoms with van der Waals surface area (Å²) in [6.07, 6.45) is 0. The first-order valence-corrected chi connectivity index (χ1v) is 35.9. The van der Waals surface area contributed by atoms with Crippen LogP contribution in [0.25, 0.3) is 0 Å². The number of rotatable bonds is 33. The number of carboxylic acid groups (broad SMARTS) is 2. The molecule has 16 nitrogen and oxygen atoms in total. The van der Waals surface area contributed by atoms with Gasteiger partial charge >= 0.3 is 23.9 Å². The van der Waals surface area contributed by atoms with Crippen molar-refractivity contribution in [2.24, 2.45) is 0 Å². The molecule has 12 rings (SSSR count). The molecule has 0 atom stereocenters. The average Bonchev–Trinajstić information content (AvgIpc) is 0.868. The van der Waals surface area contributed by atoms with Crippen molar-refractivity contribution in [1.82, 2.24) is 19.6 Å². The van der Waals surface area contributed by atoms with Crippen LogP contribution in [-0.2, 0) is 109 Å². The van der Waals surface area contributed by atoms with Crippen LogP contribution in [0.15, 0.2) is 315 Å². The maximum absolute atomic E-state index is 13.2. The number of nitrogens with zero attached hydrogens (tertiary/aromatic N) is 4. The Morgan fingerprint density at radius 2 is 0.486 bits per heavy atom. The van der Waals surface area contributed by atoms with Crippen molar-refractivity contribution in [3.05, 3.63) is 422 Å². The zero-order chi connectivity index (χ0) is 78.4. The number of benzene rings is 12. The van der Waals surface area contributed by atoms with Gasteiger partial charge in [0.15, 0.2) is 0 Å². The minimum atomic E-state index is -0.939. The molecule has 0 heterocycles. The summed E-state index contributed by atoms with van der Waals surface area (Å²) in [6, 6.07) is 98.3. The summed E-state index contributed by atoms with van der Waals surface area (Å²) >= 11 is 0. The van der Waals surface area contributed by atoms with Crippen LogP contribution in [0, 0.1) is 11.6 Å². The molecule has 0 spiro atoms. The highest BCUT2D eigenvalue weighted by molar-refractivity contribution is 5.90. The van der Waals surface area contributed by atoms with Gasteiger partial charge in [-0.25, -0.2) is 28.0 Å². The molecule has 2 N–H and O–H groups in total. The van der Waals surface area contributed by atoms with Crippen molar-refractivity contribution >= 4 is 36.8 Å². The zero-order valence-corrected chi connectivity index (χ0v) is 61.9. The fourth-order valence-electron chi connectivity index (χ4n) is 12.1. The number of carbonyl (C=O) groups is 6. The van der Waals surface area contributed by atoms with Gasteiger partial charge < -0.3 is 29.2 Å². The van der Waals surface area contributed by atoms with E-state index in [9.17, 15) is 37.5 Å². The Morgan fingerprint density at radius 1 is 0.279 bits per heavy atom. The lowest BCUT2D eigenvalue weighted by Gasteiger charge is -2.23. The van der Waals surface area contributed by atoms with Gasteiger partial charge in [-0.2, -0.15) is 0 Å². The summed E-state index contributed by atoms with van der Waals surface area (Å²) in [7, 11) is 2.76. The van der Waals surface area contributed by atoms with Crippen LogP contribution < -0.4 is 4.74 Å². The van der Waals surface area contributed by atoms with Gasteiger partial charge in [-0.1, -0.05) is 231 Å². The molecule has 0 radical (unpaired) electrons. The second kappa shape index (κ2) is 44.5. The van der Waals surface area contributed by atoms with E-state index in [4.69, 9.17) is 29.2 Å². The van der Waals surface area contributed by atoms with Crippen LogP contribution >= 0.6 is 0 Å². The molecule has 0 amide bonds. The quantitative estimate of drug-likeness (QED) is 0.0224.